The van der Waals surface area contributed by atoms with Gasteiger partial charge in [-0.2, -0.15) is 0 Å². The number of hydrogen-bond donors (Lipinski definition) is 0. The van der Waals surface area contributed by atoms with Gasteiger partial charge < -0.3 is 21.7 Å². The standard InChI is InChI=1S/C17H22FN2O.BrH/c1-3-8-19-9-10-20(17(19)13-4-5-13)12-14-11-15(18)6-7-16(14)21-2;/h6-7,9-11,13H,3-5,8,12H2,1-2H3;1H/q+1;/p-1. The minimum absolute atomic E-state index is 0. The summed E-state index contributed by atoms with van der Waals surface area (Å²) >= 11 is 0. The molecule has 0 atom stereocenters. The number of nitrogens with zero attached hydrogens (tertiary/aromatic N) is 2. The fourth-order valence-electron chi connectivity index (χ4n) is 2.91. The number of aryl methyl sites for hydroxylation is 1. The average Bonchev–Trinajstić information content (AvgIpc) is 3.23. The maximum Gasteiger partial charge on any atom is 0.259 e. The zero-order valence-corrected chi connectivity index (χ0v) is 14.6. The second kappa shape index (κ2) is 7.27. The van der Waals surface area contributed by atoms with Crippen molar-refractivity contribution in [3.63, 3.8) is 0 Å². The minimum Gasteiger partial charge on any atom is -1.00 e. The highest BCUT2D eigenvalue weighted by molar-refractivity contribution is 5.33. The summed E-state index contributed by atoms with van der Waals surface area (Å²) < 4.78 is 23.4. The van der Waals surface area contributed by atoms with Crippen molar-refractivity contribution in [2.45, 2.75) is 45.2 Å². The third-order valence-electron chi connectivity index (χ3n) is 4.01. The van der Waals surface area contributed by atoms with Gasteiger partial charge in [0.1, 0.15) is 30.5 Å². The van der Waals surface area contributed by atoms with E-state index in [0.29, 0.717) is 12.5 Å². The molecule has 0 saturated heterocycles. The first-order valence-electron chi connectivity index (χ1n) is 7.63. The number of methoxy groups -OCH3 is 1. The Bertz CT molecular complexity index is 638. The van der Waals surface area contributed by atoms with Crippen LogP contribution in [0.3, 0.4) is 0 Å². The number of halogens is 2. The SMILES string of the molecule is CCCn1cc[n+](Cc2cc(F)ccc2OC)c1C1CC1.[Br-]. The van der Waals surface area contributed by atoms with E-state index in [0.717, 1.165) is 24.3 Å². The Kier molecular flexibility index (Phi) is 5.62. The second-order valence-electron chi connectivity index (χ2n) is 5.71. The molecule has 0 radical (unpaired) electrons. The third-order valence-corrected chi connectivity index (χ3v) is 4.01. The van der Waals surface area contributed by atoms with Crippen LogP contribution in [-0.2, 0) is 13.1 Å². The van der Waals surface area contributed by atoms with Crippen LogP contribution in [0.4, 0.5) is 4.39 Å². The fourth-order valence-corrected chi connectivity index (χ4v) is 2.91. The Balaban J connectivity index is 0.00000176. The van der Waals surface area contributed by atoms with Gasteiger partial charge >= 0.3 is 0 Å². The molecule has 0 bridgehead atoms. The normalized spacial score (nSPS) is 13.8. The van der Waals surface area contributed by atoms with Crippen LogP contribution in [0.2, 0.25) is 0 Å². The molecule has 0 spiro atoms. The first-order valence-corrected chi connectivity index (χ1v) is 7.63. The van der Waals surface area contributed by atoms with Gasteiger partial charge in [-0.15, -0.1) is 0 Å². The van der Waals surface area contributed by atoms with Gasteiger partial charge in [0, 0.05) is 5.56 Å². The van der Waals surface area contributed by atoms with Gasteiger partial charge in [-0.3, -0.25) is 0 Å². The van der Waals surface area contributed by atoms with Crippen molar-refractivity contribution in [2.24, 2.45) is 0 Å². The molecule has 1 fully saturated rings. The number of hydrogen-bond acceptors (Lipinski definition) is 1. The lowest BCUT2D eigenvalue weighted by atomic mass is 10.2. The molecule has 0 amide bonds. The van der Waals surface area contributed by atoms with Crippen LogP contribution < -0.4 is 26.3 Å². The van der Waals surface area contributed by atoms with E-state index in [1.807, 2.05) is 0 Å². The second-order valence-corrected chi connectivity index (χ2v) is 5.71. The molecule has 0 aliphatic heterocycles. The molecule has 0 N–H and O–H groups in total. The number of aromatic nitrogens is 2. The van der Waals surface area contributed by atoms with E-state index in [2.05, 4.69) is 28.5 Å². The molecule has 1 aromatic carbocycles. The van der Waals surface area contributed by atoms with E-state index in [-0.39, 0.29) is 22.8 Å². The molecule has 5 heteroatoms. The van der Waals surface area contributed by atoms with Crippen molar-refractivity contribution in [2.75, 3.05) is 7.11 Å². The zero-order chi connectivity index (χ0) is 14.8. The van der Waals surface area contributed by atoms with Gasteiger partial charge in [0.15, 0.2) is 0 Å². The van der Waals surface area contributed by atoms with Crippen molar-refractivity contribution >= 4 is 0 Å². The first-order chi connectivity index (χ1) is 10.2. The summed E-state index contributed by atoms with van der Waals surface area (Å²) in [6, 6.07) is 4.71. The Morgan fingerprint density at radius 1 is 1.36 bits per heavy atom. The van der Waals surface area contributed by atoms with E-state index in [9.17, 15) is 4.39 Å². The molecule has 1 aliphatic carbocycles. The summed E-state index contributed by atoms with van der Waals surface area (Å²) in [7, 11) is 1.63. The highest BCUT2D eigenvalue weighted by atomic mass is 79.9. The largest absolute Gasteiger partial charge is 1.00 e. The quantitative estimate of drug-likeness (QED) is 0.669. The summed E-state index contributed by atoms with van der Waals surface area (Å²) in [6.45, 7) is 3.89. The van der Waals surface area contributed by atoms with Crippen LogP contribution in [0.1, 0.15) is 43.5 Å². The van der Waals surface area contributed by atoms with Crippen LogP contribution >= 0.6 is 0 Å². The zero-order valence-electron chi connectivity index (χ0n) is 13.1. The van der Waals surface area contributed by atoms with Crippen molar-refractivity contribution in [3.8, 4) is 5.75 Å². The van der Waals surface area contributed by atoms with Crippen LogP contribution in [-0.4, -0.2) is 11.7 Å². The molecule has 0 unspecified atom stereocenters. The van der Waals surface area contributed by atoms with Gasteiger partial charge in [0.2, 0.25) is 0 Å². The smallest absolute Gasteiger partial charge is 0.259 e. The number of imidazole rings is 1. The van der Waals surface area contributed by atoms with E-state index in [1.165, 1.54) is 24.7 Å². The molecule has 2 aromatic rings. The Labute approximate surface area is 141 Å². The summed E-state index contributed by atoms with van der Waals surface area (Å²) in [5.41, 5.74) is 0.888. The maximum atomic E-state index is 13.5. The summed E-state index contributed by atoms with van der Waals surface area (Å²) in [5.74, 6) is 2.55. The van der Waals surface area contributed by atoms with E-state index in [1.54, 1.807) is 19.2 Å². The van der Waals surface area contributed by atoms with Gasteiger partial charge in [0.25, 0.3) is 5.82 Å². The van der Waals surface area contributed by atoms with Crippen molar-refractivity contribution in [1.29, 1.82) is 0 Å². The Morgan fingerprint density at radius 2 is 2.14 bits per heavy atom. The van der Waals surface area contributed by atoms with Gasteiger partial charge in [0.05, 0.1) is 19.6 Å². The minimum atomic E-state index is -0.215. The Hall–Kier alpha value is -1.36. The molecule has 3 rings (SSSR count). The summed E-state index contributed by atoms with van der Waals surface area (Å²) in [5, 5.41) is 0. The van der Waals surface area contributed by atoms with E-state index < -0.39 is 0 Å². The monoisotopic (exact) mass is 368 g/mol. The lowest BCUT2D eigenvalue weighted by molar-refractivity contribution is -0.695. The molecular formula is C17H22BrFN2O. The van der Waals surface area contributed by atoms with E-state index >= 15 is 0 Å². The van der Waals surface area contributed by atoms with Crippen LogP contribution in [0.5, 0.6) is 5.75 Å². The van der Waals surface area contributed by atoms with E-state index in [4.69, 9.17) is 4.74 Å². The lowest BCUT2D eigenvalue weighted by Crippen LogP contribution is -3.00. The van der Waals surface area contributed by atoms with Crippen LogP contribution in [0.25, 0.3) is 0 Å². The molecule has 1 heterocycles. The fraction of sp³-hybridized carbons (Fsp3) is 0.471. The number of benzene rings is 1. The first kappa shape index (κ1) is 17.0. The molecule has 1 saturated carbocycles. The predicted octanol–water partition coefficient (Wildman–Crippen LogP) is 0.263. The Morgan fingerprint density at radius 3 is 2.77 bits per heavy atom. The highest BCUT2D eigenvalue weighted by Crippen LogP contribution is 2.38. The summed E-state index contributed by atoms with van der Waals surface area (Å²) in [4.78, 5) is 0. The average molecular weight is 369 g/mol. The third kappa shape index (κ3) is 3.51. The van der Waals surface area contributed by atoms with Crippen molar-refractivity contribution < 1.29 is 30.7 Å². The van der Waals surface area contributed by atoms with Gasteiger partial charge in [-0.05, 0) is 37.5 Å². The van der Waals surface area contributed by atoms with Crippen LogP contribution in [0, 0.1) is 5.82 Å². The van der Waals surface area contributed by atoms with Crippen molar-refractivity contribution in [1.82, 2.24) is 4.57 Å². The highest BCUT2D eigenvalue weighted by Gasteiger charge is 2.35. The van der Waals surface area contributed by atoms with Gasteiger partial charge in [-0.25, -0.2) is 13.5 Å². The molecule has 1 aliphatic rings. The van der Waals surface area contributed by atoms with Gasteiger partial charge in [-0.1, -0.05) is 6.92 Å². The molecule has 3 nitrogen and oxygen atoms in total. The summed E-state index contributed by atoms with van der Waals surface area (Å²) in [6.07, 6.45) is 7.89. The number of rotatable bonds is 6. The maximum absolute atomic E-state index is 13.5. The molecule has 120 valence electrons. The predicted molar refractivity (Wildman–Crippen MR) is 78.9 cm³/mol. The number of ether oxygens (including phenoxy) is 1. The van der Waals surface area contributed by atoms with Crippen molar-refractivity contribution in [3.05, 3.63) is 47.8 Å². The van der Waals surface area contributed by atoms with Crippen LogP contribution in [0.15, 0.2) is 30.6 Å². The molecule has 22 heavy (non-hydrogen) atoms. The molecular weight excluding hydrogens is 347 g/mol. The lowest BCUT2D eigenvalue weighted by Gasteiger charge is -2.08. The molecule has 1 aromatic heterocycles. The topological polar surface area (TPSA) is 18.0 Å².